The van der Waals surface area contributed by atoms with E-state index in [1.165, 1.54) is 0 Å². The van der Waals surface area contributed by atoms with Gasteiger partial charge in [-0.25, -0.2) is 8.42 Å². The molecular weight excluding hydrogens is 276 g/mol. The molecule has 0 bridgehead atoms. The smallest absolute Gasteiger partial charge is 0.158 e. The summed E-state index contributed by atoms with van der Waals surface area (Å²) < 4.78 is 24.5. The predicted molar refractivity (Wildman–Crippen MR) is 76.6 cm³/mol. The van der Waals surface area contributed by atoms with E-state index < -0.39 is 15.1 Å². The topological polar surface area (TPSA) is 102 Å². The second-order valence-electron chi connectivity index (χ2n) is 4.98. The molecule has 6 nitrogen and oxygen atoms in total. The zero-order chi connectivity index (χ0) is 14.2. The lowest BCUT2D eigenvalue weighted by atomic mass is 10.0. The van der Waals surface area contributed by atoms with Gasteiger partial charge in [0.2, 0.25) is 0 Å². The quantitative estimate of drug-likeness (QED) is 0.877. The van der Waals surface area contributed by atoms with Crippen molar-refractivity contribution in [3.8, 4) is 11.1 Å². The second kappa shape index (κ2) is 4.90. The minimum absolute atomic E-state index is 0.229. The van der Waals surface area contributed by atoms with Crippen LogP contribution in [-0.2, 0) is 9.84 Å². The second-order valence-corrected chi connectivity index (χ2v) is 7.29. The fourth-order valence-electron chi connectivity index (χ4n) is 2.70. The van der Waals surface area contributed by atoms with Crippen molar-refractivity contribution >= 4 is 15.7 Å². The number of aromatic nitrogens is 3. The van der Waals surface area contributed by atoms with Gasteiger partial charge in [0.05, 0.1) is 11.4 Å². The number of nitrogen functional groups attached to an aromatic ring is 1. The van der Waals surface area contributed by atoms with Gasteiger partial charge in [-0.05, 0) is 30.5 Å². The molecule has 2 aromatic heterocycles. The molecule has 1 atom stereocenters. The van der Waals surface area contributed by atoms with Crippen LogP contribution in [0.5, 0.6) is 0 Å². The van der Waals surface area contributed by atoms with Gasteiger partial charge in [0.1, 0.15) is 5.25 Å². The number of nitrogens with two attached hydrogens (primary N) is 1. The Morgan fingerprint density at radius 1 is 1.25 bits per heavy atom. The van der Waals surface area contributed by atoms with Gasteiger partial charge in [0.15, 0.2) is 15.7 Å². The molecule has 0 amide bonds. The lowest BCUT2D eigenvalue weighted by Crippen LogP contribution is -2.22. The predicted octanol–water partition coefficient (Wildman–Crippen LogP) is 1.69. The highest BCUT2D eigenvalue weighted by molar-refractivity contribution is 7.91. The fourth-order valence-corrected chi connectivity index (χ4v) is 4.65. The molecule has 0 radical (unpaired) electrons. The largest absolute Gasteiger partial charge is 0.382 e. The summed E-state index contributed by atoms with van der Waals surface area (Å²) in [5.41, 5.74) is 8.03. The minimum Gasteiger partial charge on any atom is -0.382 e. The van der Waals surface area contributed by atoms with Crippen molar-refractivity contribution in [3.63, 3.8) is 0 Å². The van der Waals surface area contributed by atoms with Crippen LogP contribution in [0.3, 0.4) is 0 Å². The fraction of sp³-hybridized carbons (Fsp3) is 0.385. The third-order valence-corrected chi connectivity index (χ3v) is 5.89. The molecule has 3 heterocycles. The number of nitrogens with zero attached hydrogens (tertiary/aromatic N) is 2. The SMILES string of the molecule is Nc1n[nH]c(C2CCCCS2(=O)=O)c1-c1ccncc1. The van der Waals surface area contributed by atoms with Gasteiger partial charge in [-0.1, -0.05) is 6.42 Å². The first kappa shape index (κ1) is 13.1. The zero-order valence-corrected chi connectivity index (χ0v) is 11.7. The molecule has 20 heavy (non-hydrogen) atoms. The number of rotatable bonds is 2. The molecule has 2 aromatic rings. The summed E-state index contributed by atoms with van der Waals surface area (Å²) >= 11 is 0. The maximum atomic E-state index is 12.3. The van der Waals surface area contributed by atoms with Crippen molar-refractivity contribution in [2.24, 2.45) is 0 Å². The Bertz CT molecular complexity index is 709. The minimum atomic E-state index is -3.14. The average molecular weight is 292 g/mol. The Labute approximate surface area is 117 Å². The highest BCUT2D eigenvalue weighted by Gasteiger charge is 2.34. The highest BCUT2D eigenvalue weighted by atomic mass is 32.2. The Morgan fingerprint density at radius 3 is 2.70 bits per heavy atom. The standard InChI is InChI=1S/C13H16N4O2S/c14-13-11(9-4-6-15-7-5-9)12(16-17-13)10-3-1-2-8-20(10,18)19/h4-7,10H,1-3,8H2,(H3,14,16,17). The number of H-pyrrole nitrogens is 1. The maximum absolute atomic E-state index is 12.3. The van der Waals surface area contributed by atoms with E-state index in [2.05, 4.69) is 15.2 Å². The van der Waals surface area contributed by atoms with Crippen LogP contribution in [0, 0.1) is 0 Å². The summed E-state index contributed by atoms with van der Waals surface area (Å²) in [7, 11) is -3.14. The first-order valence-corrected chi connectivity index (χ1v) is 8.27. The summed E-state index contributed by atoms with van der Waals surface area (Å²) in [6, 6.07) is 3.61. The molecule has 7 heteroatoms. The van der Waals surface area contributed by atoms with Gasteiger partial charge in [-0.3, -0.25) is 10.1 Å². The van der Waals surface area contributed by atoms with E-state index in [1.54, 1.807) is 24.5 Å². The summed E-state index contributed by atoms with van der Waals surface area (Å²) in [5, 5.41) is 6.29. The molecular formula is C13H16N4O2S. The van der Waals surface area contributed by atoms with Crippen molar-refractivity contribution in [2.45, 2.75) is 24.5 Å². The zero-order valence-electron chi connectivity index (χ0n) is 10.9. The van der Waals surface area contributed by atoms with Gasteiger partial charge in [0, 0.05) is 18.0 Å². The first-order valence-electron chi connectivity index (χ1n) is 6.55. The van der Waals surface area contributed by atoms with Gasteiger partial charge in [-0.2, -0.15) is 5.10 Å². The van der Waals surface area contributed by atoms with E-state index in [4.69, 9.17) is 5.73 Å². The van der Waals surface area contributed by atoms with E-state index in [0.717, 1.165) is 18.4 Å². The highest BCUT2D eigenvalue weighted by Crippen LogP contribution is 2.39. The third kappa shape index (κ3) is 2.18. The molecule has 3 rings (SSSR count). The van der Waals surface area contributed by atoms with Gasteiger partial charge in [-0.15, -0.1) is 0 Å². The lowest BCUT2D eigenvalue weighted by Gasteiger charge is -2.22. The number of nitrogens with one attached hydrogen (secondary N) is 1. The van der Waals surface area contributed by atoms with Crippen molar-refractivity contribution in [3.05, 3.63) is 30.2 Å². The van der Waals surface area contributed by atoms with Crippen LogP contribution in [0.1, 0.15) is 30.2 Å². The van der Waals surface area contributed by atoms with Crippen LogP contribution in [0.25, 0.3) is 11.1 Å². The number of hydrogen-bond donors (Lipinski definition) is 2. The van der Waals surface area contributed by atoms with Gasteiger partial charge < -0.3 is 5.73 Å². The molecule has 1 unspecified atom stereocenters. The van der Waals surface area contributed by atoms with E-state index in [-0.39, 0.29) is 5.75 Å². The monoisotopic (exact) mass is 292 g/mol. The Hall–Kier alpha value is -1.89. The van der Waals surface area contributed by atoms with Crippen molar-refractivity contribution < 1.29 is 8.42 Å². The van der Waals surface area contributed by atoms with Crippen LogP contribution in [0.4, 0.5) is 5.82 Å². The van der Waals surface area contributed by atoms with Crippen molar-refractivity contribution in [2.75, 3.05) is 11.5 Å². The molecule has 0 aliphatic carbocycles. The molecule has 3 N–H and O–H groups in total. The molecule has 1 aliphatic rings. The lowest BCUT2D eigenvalue weighted by molar-refractivity contribution is 0.542. The van der Waals surface area contributed by atoms with E-state index in [0.29, 0.717) is 23.5 Å². The molecule has 0 spiro atoms. The van der Waals surface area contributed by atoms with E-state index >= 15 is 0 Å². The average Bonchev–Trinajstić information content (AvgIpc) is 2.81. The van der Waals surface area contributed by atoms with Crippen LogP contribution in [0.15, 0.2) is 24.5 Å². The summed E-state index contributed by atoms with van der Waals surface area (Å²) in [6.07, 6.45) is 5.55. The van der Waals surface area contributed by atoms with Gasteiger partial charge >= 0.3 is 0 Å². The maximum Gasteiger partial charge on any atom is 0.158 e. The summed E-state index contributed by atoms with van der Waals surface area (Å²) in [5.74, 6) is 0.554. The number of pyridine rings is 1. The van der Waals surface area contributed by atoms with E-state index in [9.17, 15) is 8.42 Å². The Kier molecular flexibility index (Phi) is 3.21. The van der Waals surface area contributed by atoms with E-state index in [1.807, 2.05) is 0 Å². The van der Waals surface area contributed by atoms with Crippen LogP contribution in [0.2, 0.25) is 0 Å². The van der Waals surface area contributed by atoms with Crippen LogP contribution >= 0.6 is 0 Å². The molecule has 0 aromatic carbocycles. The van der Waals surface area contributed by atoms with Crippen molar-refractivity contribution in [1.82, 2.24) is 15.2 Å². The Balaban J connectivity index is 2.12. The van der Waals surface area contributed by atoms with Crippen LogP contribution in [-0.4, -0.2) is 29.4 Å². The number of sulfone groups is 1. The molecule has 1 fully saturated rings. The van der Waals surface area contributed by atoms with Crippen molar-refractivity contribution in [1.29, 1.82) is 0 Å². The number of hydrogen-bond acceptors (Lipinski definition) is 5. The third-order valence-electron chi connectivity index (χ3n) is 3.69. The summed E-state index contributed by atoms with van der Waals surface area (Å²) in [6.45, 7) is 0. The van der Waals surface area contributed by atoms with Crippen LogP contribution < -0.4 is 5.73 Å². The normalized spacial score (nSPS) is 21.7. The Morgan fingerprint density at radius 2 is 2.00 bits per heavy atom. The molecule has 0 saturated carbocycles. The molecule has 1 saturated heterocycles. The first-order chi connectivity index (χ1) is 9.59. The number of aromatic amines is 1. The van der Waals surface area contributed by atoms with Gasteiger partial charge in [0.25, 0.3) is 0 Å². The summed E-state index contributed by atoms with van der Waals surface area (Å²) in [4.78, 5) is 3.97. The number of anilines is 1. The molecule has 106 valence electrons. The molecule has 1 aliphatic heterocycles.